The quantitative estimate of drug-likeness (QED) is 0.438. The summed E-state index contributed by atoms with van der Waals surface area (Å²) in [6, 6.07) is 10.6. The molecule has 6 heteroatoms. The van der Waals surface area contributed by atoms with Crippen LogP contribution in [0.3, 0.4) is 0 Å². The smallest absolute Gasteiger partial charge is 0.124 e. The molecule has 2 N–H and O–H groups in total. The summed E-state index contributed by atoms with van der Waals surface area (Å²) < 4.78 is 0. The lowest BCUT2D eigenvalue weighted by Gasteiger charge is -2.01. The van der Waals surface area contributed by atoms with Crippen LogP contribution < -0.4 is 0 Å². The first-order valence-electron chi connectivity index (χ1n) is 6.58. The van der Waals surface area contributed by atoms with Crippen LogP contribution in [0.5, 0.6) is 5.75 Å². The minimum Gasteiger partial charge on any atom is -0.508 e. The number of nitrogens with zero attached hydrogens (tertiary/aromatic N) is 3. The Labute approximate surface area is 131 Å². The normalized spacial score (nSPS) is 11.6. The molecule has 0 atom stereocenters. The fourth-order valence-electron chi connectivity index (χ4n) is 2.04. The second kappa shape index (κ2) is 5.95. The van der Waals surface area contributed by atoms with Crippen molar-refractivity contribution in [2.45, 2.75) is 6.92 Å². The third-order valence-corrected chi connectivity index (χ3v) is 4.39. The number of aromatic hydroxyl groups is 1. The summed E-state index contributed by atoms with van der Waals surface area (Å²) >= 11 is 1.45. The van der Waals surface area contributed by atoms with Crippen molar-refractivity contribution in [1.82, 2.24) is 9.97 Å². The second-order valence-corrected chi connectivity index (χ2v) is 5.66. The number of phenols is 1. The number of phenolic OH excluding ortho intramolecular Hbond substituents is 1. The maximum absolute atomic E-state index is 9.42. The predicted octanol–water partition coefficient (Wildman–Crippen LogP) is 3.78. The number of pyridine rings is 1. The number of hydrogen-bond acceptors (Lipinski definition) is 6. The zero-order chi connectivity index (χ0) is 15.5. The van der Waals surface area contributed by atoms with Crippen molar-refractivity contribution in [3.05, 3.63) is 53.7 Å². The maximum Gasteiger partial charge on any atom is 0.124 e. The molecule has 0 aliphatic heterocycles. The third kappa shape index (κ3) is 2.68. The van der Waals surface area contributed by atoms with Crippen LogP contribution in [0.25, 0.3) is 21.8 Å². The first-order chi connectivity index (χ1) is 10.7. The van der Waals surface area contributed by atoms with Crippen LogP contribution in [0, 0.1) is 0 Å². The van der Waals surface area contributed by atoms with E-state index in [2.05, 4.69) is 15.1 Å². The summed E-state index contributed by atoms with van der Waals surface area (Å²) in [5.74, 6) is 0.197. The molecule has 2 aromatic heterocycles. The third-order valence-electron chi connectivity index (χ3n) is 3.17. The fraction of sp³-hybridized carbons (Fsp3) is 0.0625. The highest BCUT2D eigenvalue weighted by Crippen LogP contribution is 2.34. The van der Waals surface area contributed by atoms with Crippen molar-refractivity contribution in [1.29, 1.82) is 0 Å². The Morgan fingerprint density at radius 1 is 1.05 bits per heavy atom. The molecule has 3 aromatic rings. The van der Waals surface area contributed by atoms with Crippen LogP contribution >= 0.6 is 11.3 Å². The molecule has 110 valence electrons. The zero-order valence-electron chi connectivity index (χ0n) is 11.8. The highest BCUT2D eigenvalue weighted by Gasteiger charge is 2.17. The molecule has 0 unspecified atom stereocenters. The molecule has 0 aliphatic carbocycles. The summed E-state index contributed by atoms with van der Waals surface area (Å²) in [6.45, 7) is 1.73. The standard InChI is InChI=1S/C16H13N3O2S/c1-10(19-21)15-14(11-2-4-13(20)5-3-11)18-16(22-15)12-6-8-17-9-7-12/h2-9,20-21H,1H3/b19-10+. The van der Waals surface area contributed by atoms with Crippen LogP contribution in [0.4, 0.5) is 0 Å². The van der Waals surface area contributed by atoms with Gasteiger partial charge in [-0.25, -0.2) is 4.98 Å². The monoisotopic (exact) mass is 311 g/mol. The minimum absolute atomic E-state index is 0.197. The molecule has 5 nitrogen and oxygen atoms in total. The van der Waals surface area contributed by atoms with Gasteiger partial charge < -0.3 is 10.3 Å². The van der Waals surface area contributed by atoms with Gasteiger partial charge in [0.05, 0.1) is 16.3 Å². The predicted molar refractivity (Wildman–Crippen MR) is 86.4 cm³/mol. The first kappa shape index (κ1) is 14.2. The molecule has 0 saturated carbocycles. The average Bonchev–Trinajstić information content (AvgIpc) is 3.01. The Morgan fingerprint density at radius 3 is 2.36 bits per heavy atom. The molecule has 0 radical (unpaired) electrons. The molecular weight excluding hydrogens is 298 g/mol. The fourth-order valence-corrected chi connectivity index (χ4v) is 3.08. The van der Waals surface area contributed by atoms with Gasteiger partial charge in [-0.05, 0) is 43.3 Å². The van der Waals surface area contributed by atoms with Gasteiger partial charge >= 0.3 is 0 Å². The minimum atomic E-state index is 0.197. The number of thiazole rings is 1. The highest BCUT2D eigenvalue weighted by atomic mass is 32.1. The van der Waals surface area contributed by atoms with Crippen molar-refractivity contribution in [3.8, 4) is 27.6 Å². The maximum atomic E-state index is 9.42. The number of rotatable bonds is 3. The first-order valence-corrected chi connectivity index (χ1v) is 7.40. The van der Waals surface area contributed by atoms with Crippen molar-refractivity contribution < 1.29 is 10.3 Å². The van der Waals surface area contributed by atoms with E-state index in [4.69, 9.17) is 5.21 Å². The molecule has 0 amide bonds. The van der Waals surface area contributed by atoms with Crippen LogP contribution in [-0.4, -0.2) is 26.0 Å². The van der Waals surface area contributed by atoms with E-state index in [1.807, 2.05) is 12.1 Å². The lowest BCUT2D eigenvalue weighted by molar-refractivity contribution is 0.319. The van der Waals surface area contributed by atoms with Crippen LogP contribution in [0.2, 0.25) is 0 Å². The Bertz CT molecular complexity index is 811. The van der Waals surface area contributed by atoms with E-state index >= 15 is 0 Å². The molecule has 0 spiro atoms. The molecular formula is C16H13N3O2S. The number of oxime groups is 1. The van der Waals surface area contributed by atoms with Gasteiger partial charge in [0.15, 0.2) is 0 Å². The Hall–Kier alpha value is -2.73. The summed E-state index contributed by atoms with van der Waals surface area (Å²) in [6.07, 6.45) is 3.42. The van der Waals surface area contributed by atoms with Crippen molar-refractivity contribution >= 4 is 17.0 Å². The van der Waals surface area contributed by atoms with E-state index in [9.17, 15) is 5.11 Å². The molecule has 0 saturated heterocycles. The van der Waals surface area contributed by atoms with Gasteiger partial charge in [0.25, 0.3) is 0 Å². The van der Waals surface area contributed by atoms with Gasteiger partial charge in [0, 0.05) is 23.5 Å². The SMILES string of the molecule is C/C(=N\O)c1sc(-c2ccncc2)nc1-c1ccc(O)cc1. The Balaban J connectivity index is 2.16. The lowest BCUT2D eigenvalue weighted by atomic mass is 10.1. The topological polar surface area (TPSA) is 78.6 Å². The summed E-state index contributed by atoms with van der Waals surface area (Å²) in [4.78, 5) is 9.46. The van der Waals surface area contributed by atoms with E-state index in [1.54, 1.807) is 43.6 Å². The van der Waals surface area contributed by atoms with E-state index in [0.717, 1.165) is 26.7 Å². The molecule has 0 fully saturated rings. The zero-order valence-corrected chi connectivity index (χ0v) is 12.6. The van der Waals surface area contributed by atoms with E-state index in [1.165, 1.54) is 11.3 Å². The van der Waals surface area contributed by atoms with Gasteiger partial charge in [-0.3, -0.25) is 4.98 Å². The lowest BCUT2D eigenvalue weighted by Crippen LogP contribution is -1.93. The van der Waals surface area contributed by atoms with Crippen LogP contribution in [-0.2, 0) is 0 Å². The van der Waals surface area contributed by atoms with E-state index in [0.29, 0.717) is 5.71 Å². The molecule has 0 bridgehead atoms. The summed E-state index contributed by atoms with van der Waals surface area (Å²) in [5.41, 5.74) is 3.04. The molecule has 1 aromatic carbocycles. The molecule has 3 rings (SSSR count). The average molecular weight is 311 g/mol. The number of aromatic nitrogens is 2. The second-order valence-electron chi connectivity index (χ2n) is 4.66. The summed E-state index contributed by atoms with van der Waals surface area (Å²) in [7, 11) is 0. The van der Waals surface area contributed by atoms with Crippen molar-refractivity contribution in [2.75, 3.05) is 0 Å². The number of hydrogen-bond donors (Lipinski definition) is 2. The Morgan fingerprint density at radius 2 is 1.73 bits per heavy atom. The summed E-state index contributed by atoms with van der Waals surface area (Å²) in [5, 5.41) is 22.6. The van der Waals surface area contributed by atoms with Crippen LogP contribution in [0.15, 0.2) is 53.9 Å². The van der Waals surface area contributed by atoms with Gasteiger partial charge in [-0.15, -0.1) is 11.3 Å². The molecule has 22 heavy (non-hydrogen) atoms. The van der Waals surface area contributed by atoms with Gasteiger partial charge in [-0.2, -0.15) is 0 Å². The largest absolute Gasteiger partial charge is 0.508 e. The van der Waals surface area contributed by atoms with E-state index < -0.39 is 0 Å². The van der Waals surface area contributed by atoms with Gasteiger partial charge in [-0.1, -0.05) is 5.16 Å². The van der Waals surface area contributed by atoms with Gasteiger partial charge in [0.2, 0.25) is 0 Å². The Kier molecular flexibility index (Phi) is 3.84. The van der Waals surface area contributed by atoms with Gasteiger partial charge in [0.1, 0.15) is 10.8 Å². The van der Waals surface area contributed by atoms with Crippen molar-refractivity contribution in [3.63, 3.8) is 0 Å². The van der Waals surface area contributed by atoms with E-state index in [-0.39, 0.29) is 5.75 Å². The number of benzene rings is 1. The van der Waals surface area contributed by atoms with Crippen molar-refractivity contribution in [2.24, 2.45) is 5.16 Å². The molecule has 2 heterocycles. The highest BCUT2D eigenvalue weighted by molar-refractivity contribution is 7.17. The molecule has 0 aliphatic rings. The van der Waals surface area contributed by atoms with Crippen LogP contribution in [0.1, 0.15) is 11.8 Å².